The molecule has 2 rings (SSSR count). The first-order chi connectivity index (χ1) is 7.62. The Morgan fingerprint density at radius 1 is 1.50 bits per heavy atom. The van der Waals surface area contributed by atoms with Crippen molar-refractivity contribution in [3.05, 3.63) is 23.2 Å². The van der Waals surface area contributed by atoms with Crippen LogP contribution in [0.4, 0.5) is 0 Å². The second kappa shape index (κ2) is 4.47. The zero-order chi connectivity index (χ0) is 11.6. The van der Waals surface area contributed by atoms with Crippen LogP contribution >= 0.6 is 11.6 Å². The van der Waals surface area contributed by atoms with E-state index in [1.807, 2.05) is 6.92 Å². The van der Waals surface area contributed by atoms with Gasteiger partial charge in [-0.2, -0.15) is 0 Å². The standard InChI is InChI=1S/C11H13ClN2O2/c1-11(6-16-7-11)9(15)3-2-8-10(12)14-5-4-13-8/h4-5H,2-3,6-7H2,1H3. The number of hydrogen-bond donors (Lipinski definition) is 0. The van der Waals surface area contributed by atoms with Gasteiger partial charge in [0.25, 0.3) is 0 Å². The molecule has 0 unspecified atom stereocenters. The van der Waals surface area contributed by atoms with Gasteiger partial charge in [-0.05, 0) is 13.3 Å². The second-order valence-corrected chi connectivity index (χ2v) is 4.63. The van der Waals surface area contributed by atoms with Crippen LogP contribution in [0.15, 0.2) is 12.4 Å². The Morgan fingerprint density at radius 2 is 2.19 bits per heavy atom. The number of Topliss-reactive ketones (excluding diaryl/α,β-unsaturated/α-hetero) is 1. The molecule has 1 saturated heterocycles. The van der Waals surface area contributed by atoms with Crippen molar-refractivity contribution >= 4 is 17.4 Å². The number of halogens is 1. The molecular formula is C11H13ClN2O2. The zero-order valence-electron chi connectivity index (χ0n) is 9.07. The van der Waals surface area contributed by atoms with Gasteiger partial charge in [-0.1, -0.05) is 11.6 Å². The van der Waals surface area contributed by atoms with Crippen molar-refractivity contribution in [3.8, 4) is 0 Å². The van der Waals surface area contributed by atoms with E-state index in [1.54, 1.807) is 6.20 Å². The lowest BCUT2D eigenvalue weighted by Crippen LogP contribution is -2.46. The molecule has 0 N–H and O–H groups in total. The maximum absolute atomic E-state index is 11.9. The van der Waals surface area contributed by atoms with E-state index < -0.39 is 0 Å². The summed E-state index contributed by atoms with van der Waals surface area (Å²) in [6, 6.07) is 0. The maximum atomic E-state index is 11.9. The van der Waals surface area contributed by atoms with Gasteiger partial charge < -0.3 is 4.74 Å². The number of hydrogen-bond acceptors (Lipinski definition) is 4. The quantitative estimate of drug-likeness (QED) is 0.803. The Labute approximate surface area is 99.0 Å². The molecule has 5 heteroatoms. The van der Waals surface area contributed by atoms with Gasteiger partial charge in [-0.25, -0.2) is 4.98 Å². The molecule has 0 aliphatic carbocycles. The molecule has 0 radical (unpaired) electrons. The van der Waals surface area contributed by atoms with Crippen molar-refractivity contribution in [2.75, 3.05) is 13.2 Å². The Bertz CT molecular complexity index is 405. The Morgan fingerprint density at radius 3 is 2.75 bits per heavy atom. The molecule has 0 aromatic carbocycles. The normalized spacial score (nSPS) is 17.9. The fraction of sp³-hybridized carbons (Fsp3) is 0.545. The number of carbonyl (C=O) groups excluding carboxylic acids is 1. The van der Waals surface area contributed by atoms with Crippen LogP contribution in [-0.2, 0) is 16.0 Å². The number of rotatable bonds is 4. The number of nitrogens with zero attached hydrogens (tertiary/aromatic N) is 2. The Hall–Kier alpha value is -1.00. The van der Waals surface area contributed by atoms with Crippen LogP contribution in [0.1, 0.15) is 19.0 Å². The molecule has 1 aliphatic heterocycles. The number of ether oxygens (including phenoxy) is 1. The minimum Gasteiger partial charge on any atom is -0.379 e. The van der Waals surface area contributed by atoms with Crippen molar-refractivity contribution in [1.29, 1.82) is 0 Å². The summed E-state index contributed by atoms with van der Waals surface area (Å²) in [5.74, 6) is 0.209. The van der Waals surface area contributed by atoms with Gasteiger partial charge in [0, 0.05) is 18.8 Å². The van der Waals surface area contributed by atoms with E-state index in [9.17, 15) is 4.79 Å². The second-order valence-electron chi connectivity index (χ2n) is 4.27. The summed E-state index contributed by atoms with van der Waals surface area (Å²) in [6.45, 7) is 2.98. The molecule has 16 heavy (non-hydrogen) atoms. The minimum atomic E-state index is -0.297. The first-order valence-electron chi connectivity index (χ1n) is 5.18. The highest BCUT2D eigenvalue weighted by Crippen LogP contribution is 2.29. The number of ketones is 1. The Kier molecular flexibility index (Phi) is 3.21. The molecule has 0 amide bonds. The molecule has 2 heterocycles. The number of carbonyl (C=O) groups is 1. The first-order valence-corrected chi connectivity index (χ1v) is 5.56. The van der Waals surface area contributed by atoms with E-state index in [0.717, 1.165) is 0 Å². The molecule has 0 spiro atoms. The number of aryl methyl sites for hydroxylation is 1. The summed E-state index contributed by atoms with van der Waals surface area (Å²) >= 11 is 5.86. The van der Waals surface area contributed by atoms with Crippen molar-refractivity contribution in [1.82, 2.24) is 9.97 Å². The highest BCUT2D eigenvalue weighted by atomic mass is 35.5. The summed E-state index contributed by atoms with van der Waals surface area (Å²) in [5.41, 5.74) is 0.385. The van der Waals surface area contributed by atoms with E-state index in [1.165, 1.54) is 6.20 Å². The molecule has 4 nitrogen and oxygen atoms in total. The van der Waals surface area contributed by atoms with E-state index in [2.05, 4.69) is 9.97 Å². The van der Waals surface area contributed by atoms with Crippen molar-refractivity contribution in [2.24, 2.45) is 5.41 Å². The highest BCUT2D eigenvalue weighted by molar-refractivity contribution is 6.30. The smallest absolute Gasteiger partial charge is 0.150 e. The monoisotopic (exact) mass is 240 g/mol. The zero-order valence-corrected chi connectivity index (χ0v) is 9.83. The fourth-order valence-corrected chi connectivity index (χ4v) is 1.82. The first kappa shape index (κ1) is 11.5. The number of aromatic nitrogens is 2. The third-order valence-electron chi connectivity index (χ3n) is 2.83. The lowest BCUT2D eigenvalue weighted by Gasteiger charge is -2.36. The highest BCUT2D eigenvalue weighted by Gasteiger charge is 2.40. The molecule has 0 saturated carbocycles. The molecule has 1 aromatic rings. The summed E-state index contributed by atoms with van der Waals surface area (Å²) in [5, 5.41) is 0.380. The SMILES string of the molecule is CC1(C(=O)CCc2nccnc2Cl)COC1. The predicted molar refractivity (Wildman–Crippen MR) is 59.3 cm³/mol. The average Bonchev–Trinajstić information content (AvgIpc) is 2.24. The largest absolute Gasteiger partial charge is 0.379 e. The van der Waals surface area contributed by atoms with Crippen LogP contribution in [0, 0.1) is 5.41 Å². The van der Waals surface area contributed by atoms with Crippen molar-refractivity contribution < 1.29 is 9.53 Å². The van der Waals surface area contributed by atoms with Crippen LogP contribution in [-0.4, -0.2) is 29.0 Å². The van der Waals surface area contributed by atoms with Crippen LogP contribution in [0.25, 0.3) is 0 Å². The van der Waals surface area contributed by atoms with Gasteiger partial charge in [0.1, 0.15) is 10.9 Å². The van der Waals surface area contributed by atoms with Gasteiger partial charge >= 0.3 is 0 Å². The van der Waals surface area contributed by atoms with E-state index in [4.69, 9.17) is 16.3 Å². The summed E-state index contributed by atoms with van der Waals surface area (Å²) < 4.78 is 5.06. The third kappa shape index (κ3) is 2.23. The molecule has 86 valence electrons. The molecule has 0 atom stereocenters. The van der Waals surface area contributed by atoms with Crippen molar-refractivity contribution in [3.63, 3.8) is 0 Å². The lowest BCUT2D eigenvalue weighted by molar-refractivity contribution is -0.155. The topological polar surface area (TPSA) is 52.1 Å². The van der Waals surface area contributed by atoms with Gasteiger partial charge in [0.2, 0.25) is 0 Å². The van der Waals surface area contributed by atoms with Gasteiger partial charge in [0.15, 0.2) is 0 Å². The molecular weight excluding hydrogens is 228 g/mol. The summed E-state index contributed by atoms with van der Waals surface area (Å²) in [4.78, 5) is 19.9. The molecule has 0 bridgehead atoms. The Balaban J connectivity index is 1.93. The maximum Gasteiger partial charge on any atom is 0.150 e. The van der Waals surface area contributed by atoms with Gasteiger partial charge in [-0.3, -0.25) is 9.78 Å². The third-order valence-corrected chi connectivity index (χ3v) is 3.14. The lowest BCUT2D eigenvalue weighted by atomic mass is 9.82. The van der Waals surface area contributed by atoms with Crippen molar-refractivity contribution in [2.45, 2.75) is 19.8 Å². The molecule has 1 fully saturated rings. The average molecular weight is 241 g/mol. The van der Waals surface area contributed by atoms with E-state index in [0.29, 0.717) is 36.9 Å². The molecule has 1 aliphatic rings. The van der Waals surface area contributed by atoms with E-state index in [-0.39, 0.29) is 11.2 Å². The van der Waals surface area contributed by atoms with Gasteiger partial charge in [-0.15, -0.1) is 0 Å². The van der Waals surface area contributed by atoms with Crippen LogP contribution in [0.2, 0.25) is 5.15 Å². The van der Waals surface area contributed by atoms with E-state index >= 15 is 0 Å². The summed E-state index contributed by atoms with van der Waals surface area (Å²) in [7, 11) is 0. The predicted octanol–water partition coefficient (Wildman–Crippen LogP) is 1.67. The minimum absolute atomic E-state index is 0.209. The fourth-order valence-electron chi connectivity index (χ4n) is 1.62. The molecule has 1 aromatic heterocycles. The van der Waals surface area contributed by atoms with Crippen LogP contribution < -0.4 is 0 Å². The van der Waals surface area contributed by atoms with Gasteiger partial charge in [0.05, 0.1) is 24.3 Å². The summed E-state index contributed by atoms with van der Waals surface area (Å²) in [6.07, 6.45) is 4.11. The van der Waals surface area contributed by atoms with Crippen LogP contribution in [0.3, 0.4) is 0 Å². The van der Waals surface area contributed by atoms with Crippen LogP contribution in [0.5, 0.6) is 0 Å².